The lowest BCUT2D eigenvalue weighted by Crippen LogP contribution is -2.32. The van der Waals surface area contributed by atoms with E-state index in [-0.39, 0.29) is 17.4 Å². The summed E-state index contributed by atoms with van der Waals surface area (Å²) in [7, 11) is 0. The number of aromatic carboxylic acids is 1. The zero-order valence-electron chi connectivity index (χ0n) is 13.0. The highest BCUT2D eigenvalue weighted by atomic mass is 35.5. The summed E-state index contributed by atoms with van der Waals surface area (Å²) in [6.45, 7) is 0.521. The van der Waals surface area contributed by atoms with Crippen molar-refractivity contribution in [1.82, 2.24) is 24.8 Å². The summed E-state index contributed by atoms with van der Waals surface area (Å²) in [5.74, 6) is -0.967. The average Bonchev–Trinajstić information content (AvgIpc) is 3.31. The second-order valence-corrected chi connectivity index (χ2v) is 6.31. The largest absolute Gasteiger partial charge is 0.477 e. The molecule has 4 rings (SSSR count). The highest BCUT2D eigenvalue weighted by Crippen LogP contribution is 2.33. The first-order valence-corrected chi connectivity index (χ1v) is 8.15. The first kappa shape index (κ1) is 15.6. The van der Waals surface area contributed by atoms with Crippen molar-refractivity contribution in [3.8, 4) is 0 Å². The quantitative estimate of drug-likeness (QED) is 0.665. The van der Waals surface area contributed by atoms with Gasteiger partial charge in [-0.2, -0.15) is 0 Å². The van der Waals surface area contributed by atoms with Crippen molar-refractivity contribution in [2.45, 2.75) is 18.9 Å². The van der Waals surface area contributed by atoms with Crippen molar-refractivity contribution in [3.05, 3.63) is 46.8 Å². The highest BCUT2D eigenvalue weighted by Gasteiger charge is 2.35. The smallest absolute Gasteiger partial charge is 0.354 e. The van der Waals surface area contributed by atoms with Gasteiger partial charge in [0.05, 0.1) is 23.4 Å². The van der Waals surface area contributed by atoms with Gasteiger partial charge in [0.15, 0.2) is 11.4 Å². The summed E-state index contributed by atoms with van der Waals surface area (Å²) in [4.78, 5) is 39.8. The molecule has 1 fully saturated rings. The molecule has 1 atom stereocenters. The molecule has 0 aliphatic carbocycles. The predicted octanol–water partition coefficient (Wildman–Crippen LogP) is 2.61. The lowest BCUT2D eigenvalue weighted by molar-refractivity contribution is 0.0661. The molecule has 2 aromatic heterocycles. The van der Waals surface area contributed by atoms with Gasteiger partial charge in [-0.05, 0) is 31.0 Å². The van der Waals surface area contributed by atoms with E-state index in [0.717, 1.165) is 23.9 Å². The molecule has 0 bridgehead atoms. The molecule has 1 aromatic carbocycles. The molecular weight excluding hydrogens is 346 g/mol. The van der Waals surface area contributed by atoms with E-state index >= 15 is 0 Å². The van der Waals surface area contributed by atoms with E-state index in [1.165, 1.54) is 6.33 Å². The highest BCUT2D eigenvalue weighted by molar-refractivity contribution is 6.31. The number of halogens is 1. The Morgan fingerprint density at radius 1 is 1.36 bits per heavy atom. The van der Waals surface area contributed by atoms with E-state index in [1.807, 2.05) is 6.07 Å². The fourth-order valence-electron chi connectivity index (χ4n) is 3.21. The first-order valence-electron chi connectivity index (χ1n) is 7.77. The Hall–Kier alpha value is -2.87. The maximum atomic E-state index is 12.8. The second kappa shape index (κ2) is 5.89. The van der Waals surface area contributed by atoms with Crippen molar-refractivity contribution < 1.29 is 14.7 Å². The number of aromatic amines is 2. The van der Waals surface area contributed by atoms with Gasteiger partial charge in [0.2, 0.25) is 0 Å². The van der Waals surface area contributed by atoms with Gasteiger partial charge in [-0.1, -0.05) is 11.6 Å². The van der Waals surface area contributed by atoms with Crippen molar-refractivity contribution in [2.75, 3.05) is 6.54 Å². The minimum absolute atomic E-state index is 0.0847. The van der Waals surface area contributed by atoms with E-state index in [4.69, 9.17) is 11.6 Å². The van der Waals surface area contributed by atoms with Gasteiger partial charge in [0.25, 0.3) is 5.91 Å². The number of H-pyrrole nitrogens is 2. The molecule has 0 radical (unpaired) electrons. The zero-order chi connectivity index (χ0) is 17.6. The number of carbonyl (C=O) groups is 2. The summed E-state index contributed by atoms with van der Waals surface area (Å²) in [6.07, 6.45) is 2.76. The van der Waals surface area contributed by atoms with Gasteiger partial charge < -0.3 is 20.0 Å². The lowest BCUT2D eigenvalue weighted by Gasteiger charge is -2.22. The number of benzene rings is 1. The Kier molecular flexibility index (Phi) is 3.69. The van der Waals surface area contributed by atoms with E-state index in [9.17, 15) is 14.7 Å². The monoisotopic (exact) mass is 359 g/mol. The molecule has 3 aromatic rings. The third-order valence-corrected chi connectivity index (χ3v) is 4.58. The van der Waals surface area contributed by atoms with Gasteiger partial charge in [0.1, 0.15) is 5.82 Å². The topological polar surface area (TPSA) is 115 Å². The molecule has 1 saturated heterocycles. The average molecular weight is 360 g/mol. The third-order valence-electron chi connectivity index (χ3n) is 4.35. The Labute approximate surface area is 146 Å². The van der Waals surface area contributed by atoms with Crippen LogP contribution in [0.25, 0.3) is 11.0 Å². The molecular formula is C16H14ClN5O3. The van der Waals surface area contributed by atoms with Crippen LogP contribution < -0.4 is 0 Å². The number of carboxylic acids is 1. The Bertz CT molecular complexity index is 979. The van der Waals surface area contributed by atoms with Crippen molar-refractivity contribution in [1.29, 1.82) is 0 Å². The minimum atomic E-state index is -1.21. The molecule has 0 saturated carbocycles. The number of aromatic nitrogens is 4. The van der Waals surface area contributed by atoms with Gasteiger partial charge in [-0.25, -0.2) is 14.8 Å². The standard InChI is InChI=1S/C16H14ClN5O3/c17-8-3-4-9-10(6-8)21-14(20-9)11-2-1-5-22(11)15(23)12-13(16(24)25)19-7-18-12/h3-4,6-7,11H,1-2,5H2,(H,18,19)(H,20,21)(H,24,25)/t11-/m1/s1. The molecule has 1 amide bonds. The van der Waals surface area contributed by atoms with Crippen LogP contribution in [0.1, 0.15) is 45.7 Å². The maximum absolute atomic E-state index is 12.8. The van der Waals surface area contributed by atoms with Gasteiger partial charge in [-0.15, -0.1) is 0 Å². The molecule has 128 valence electrons. The third kappa shape index (κ3) is 2.64. The number of amides is 1. The molecule has 3 N–H and O–H groups in total. The van der Waals surface area contributed by atoms with Gasteiger partial charge in [-0.3, -0.25) is 4.79 Å². The van der Waals surface area contributed by atoms with Crippen LogP contribution in [-0.4, -0.2) is 48.4 Å². The molecule has 3 heterocycles. The number of imidazole rings is 2. The molecule has 8 nitrogen and oxygen atoms in total. The van der Waals surface area contributed by atoms with Crippen molar-refractivity contribution >= 4 is 34.5 Å². The lowest BCUT2D eigenvalue weighted by atomic mass is 10.2. The Morgan fingerprint density at radius 3 is 3.00 bits per heavy atom. The second-order valence-electron chi connectivity index (χ2n) is 5.87. The fraction of sp³-hybridized carbons (Fsp3) is 0.250. The number of fused-ring (bicyclic) bond motifs is 1. The van der Waals surface area contributed by atoms with Crippen LogP contribution in [0.5, 0.6) is 0 Å². The van der Waals surface area contributed by atoms with E-state index < -0.39 is 11.9 Å². The van der Waals surface area contributed by atoms with Crippen molar-refractivity contribution in [2.24, 2.45) is 0 Å². The summed E-state index contributed by atoms with van der Waals surface area (Å²) in [5, 5.41) is 9.78. The van der Waals surface area contributed by atoms with Crippen LogP contribution in [0.4, 0.5) is 0 Å². The number of rotatable bonds is 3. The zero-order valence-corrected chi connectivity index (χ0v) is 13.7. The number of nitrogens with zero attached hydrogens (tertiary/aromatic N) is 3. The number of carboxylic acid groups (broad SMARTS) is 1. The molecule has 1 aliphatic rings. The first-order chi connectivity index (χ1) is 12.0. The molecule has 1 aliphatic heterocycles. The summed E-state index contributed by atoms with van der Waals surface area (Å²) >= 11 is 6.00. The number of likely N-dealkylation sites (tertiary alicyclic amines) is 1. The summed E-state index contributed by atoms with van der Waals surface area (Å²) in [5.41, 5.74) is 1.28. The number of hydrogen-bond donors (Lipinski definition) is 3. The van der Waals surface area contributed by atoms with Crippen LogP contribution in [0, 0.1) is 0 Å². The Balaban J connectivity index is 1.68. The number of hydrogen-bond acceptors (Lipinski definition) is 4. The van der Waals surface area contributed by atoms with E-state index in [1.54, 1.807) is 17.0 Å². The number of carbonyl (C=O) groups excluding carboxylic acids is 1. The van der Waals surface area contributed by atoms with Crippen LogP contribution in [0.15, 0.2) is 24.5 Å². The fourth-order valence-corrected chi connectivity index (χ4v) is 3.38. The van der Waals surface area contributed by atoms with Gasteiger partial charge >= 0.3 is 5.97 Å². The van der Waals surface area contributed by atoms with E-state index in [2.05, 4.69) is 19.9 Å². The molecule has 0 spiro atoms. The SMILES string of the molecule is O=C(O)c1[nH]cnc1C(=O)N1CCC[C@@H]1c1nc2ccc(Cl)cc2[nH]1. The maximum Gasteiger partial charge on any atom is 0.354 e. The molecule has 9 heteroatoms. The number of nitrogens with one attached hydrogen (secondary N) is 2. The van der Waals surface area contributed by atoms with Crippen LogP contribution in [-0.2, 0) is 0 Å². The molecule has 25 heavy (non-hydrogen) atoms. The predicted molar refractivity (Wildman–Crippen MR) is 89.7 cm³/mol. The normalized spacial score (nSPS) is 17.3. The van der Waals surface area contributed by atoms with E-state index in [0.29, 0.717) is 17.4 Å². The van der Waals surface area contributed by atoms with Crippen LogP contribution >= 0.6 is 11.6 Å². The van der Waals surface area contributed by atoms with Crippen LogP contribution in [0.2, 0.25) is 5.02 Å². The van der Waals surface area contributed by atoms with Crippen molar-refractivity contribution in [3.63, 3.8) is 0 Å². The summed E-state index contributed by atoms with van der Waals surface area (Å²) in [6, 6.07) is 5.10. The Morgan fingerprint density at radius 2 is 2.20 bits per heavy atom. The molecule has 0 unspecified atom stereocenters. The minimum Gasteiger partial charge on any atom is -0.477 e. The van der Waals surface area contributed by atoms with Crippen LogP contribution in [0.3, 0.4) is 0 Å². The van der Waals surface area contributed by atoms with Gasteiger partial charge in [0, 0.05) is 11.6 Å². The summed E-state index contributed by atoms with van der Waals surface area (Å²) < 4.78 is 0.